The fraction of sp³-hybridized carbons (Fsp3) is 0.174. The Morgan fingerprint density at radius 3 is 2.00 bits per heavy atom. The van der Waals surface area contributed by atoms with E-state index in [1.807, 2.05) is 42.5 Å². The van der Waals surface area contributed by atoms with Crippen molar-refractivity contribution in [2.45, 2.75) is 30.3 Å². The lowest BCUT2D eigenvalue weighted by molar-refractivity contribution is 0.0951. The second-order valence-electron chi connectivity index (χ2n) is 7.16. The van der Waals surface area contributed by atoms with Crippen LogP contribution in [0.25, 0.3) is 11.1 Å². The molecule has 6 heteroatoms. The summed E-state index contributed by atoms with van der Waals surface area (Å²) in [6.07, 6.45) is 2.11. The molecule has 148 valence electrons. The Hall–Kier alpha value is -2.96. The van der Waals surface area contributed by atoms with E-state index in [9.17, 15) is 13.2 Å². The topological polar surface area (TPSA) is 75.3 Å². The van der Waals surface area contributed by atoms with E-state index in [4.69, 9.17) is 0 Å². The number of carbonyl (C=O) groups is 1. The first-order chi connectivity index (χ1) is 14.0. The lowest BCUT2D eigenvalue weighted by Gasteiger charge is -2.09. The van der Waals surface area contributed by atoms with E-state index in [-0.39, 0.29) is 17.3 Å². The third-order valence-corrected chi connectivity index (χ3v) is 6.28. The Balaban J connectivity index is 1.43. The fourth-order valence-electron chi connectivity index (χ4n) is 2.99. The molecule has 0 radical (unpaired) electrons. The summed E-state index contributed by atoms with van der Waals surface area (Å²) in [5.74, 6) is -0.0509. The average molecular weight is 407 g/mol. The van der Waals surface area contributed by atoms with Crippen LogP contribution in [0.15, 0.2) is 83.8 Å². The number of sulfonamides is 1. The molecule has 4 rings (SSSR count). The highest BCUT2D eigenvalue weighted by molar-refractivity contribution is 7.89. The van der Waals surface area contributed by atoms with Crippen molar-refractivity contribution in [1.82, 2.24) is 10.0 Å². The summed E-state index contributed by atoms with van der Waals surface area (Å²) in [5.41, 5.74) is 3.35. The van der Waals surface area contributed by atoms with Crippen molar-refractivity contribution in [2.75, 3.05) is 0 Å². The van der Waals surface area contributed by atoms with Crippen LogP contribution in [0.3, 0.4) is 0 Å². The van der Waals surface area contributed by atoms with Crippen molar-refractivity contribution in [3.63, 3.8) is 0 Å². The van der Waals surface area contributed by atoms with Gasteiger partial charge in [-0.25, -0.2) is 13.1 Å². The Bertz CT molecular complexity index is 1090. The molecule has 0 bridgehead atoms. The molecular weight excluding hydrogens is 384 g/mol. The monoisotopic (exact) mass is 406 g/mol. The molecule has 0 aliphatic heterocycles. The number of hydrogen-bond donors (Lipinski definition) is 2. The van der Waals surface area contributed by atoms with Crippen molar-refractivity contribution in [3.8, 4) is 11.1 Å². The van der Waals surface area contributed by atoms with Gasteiger partial charge < -0.3 is 5.32 Å². The molecule has 0 spiro atoms. The molecule has 0 atom stereocenters. The van der Waals surface area contributed by atoms with Gasteiger partial charge in [0.15, 0.2) is 0 Å². The molecule has 0 aromatic heterocycles. The van der Waals surface area contributed by atoms with Crippen LogP contribution in [-0.4, -0.2) is 20.4 Å². The maximum absolute atomic E-state index is 12.5. The smallest absolute Gasteiger partial charge is 0.251 e. The first-order valence-electron chi connectivity index (χ1n) is 9.56. The van der Waals surface area contributed by atoms with E-state index in [0.29, 0.717) is 11.6 Å². The van der Waals surface area contributed by atoms with Crippen LogP contribution in [0.4, 0.5) is 0 Å². The van der Waals surface area contributed by atoms with E-state index < -0.39 is 10.0 Å². The lowest BCUT2D eigenvalue weighted by atomic mass is 10.0. The number of carbonyl (C=O) groups excluding carboxylic acids is 1. The predicted octanol–water partition coefficient (Wildman–Crippen LogP) is 3.72. The Morgan fingerprint density at radius 1 is 0.828 bits per heavy atom. The van der Waals surface area contributed by atoms with E-state index in [1.54, 1.807) is 36.4 Å². The first kappa shape index (κ1) is 19.4. The summed E-state index contributed by atoms with van der Waals surface area (Å²) in [5, 5.41) is 2.96. The minimum absolute atomic E-state index is 0.0509. The van der Waals surface area contributed by atoms with Gasteiger partial charge in [-0.15, -0.1) is 0 Å². The average Bonchev–Trinajstić information content (AvgIpc) is 3.57. The number of amides is 1. The molecular formula is C23H22N2O3S. The zero-order chi connectivity index (χ0) is 20.3. The van der Waals surface area contributed by atoms with Crippen molar-refractivity contribution >= 4 is 15.9 Å². The zero-order valence-corrected chi connectivity index (χ0v) is 16.7. The summed E-state index contributed by atoms with van der Waals surface area (Å²) in [6, 6.07) is 23.8. The molecule has 29 heavy (non-hydrogen) atoms. The molecule has 2 N–H and O–H groups in total. The largest absolute Gasteiger partial charge is 0.349 e. The minimum Gasteiger partial charge on any atom is -0.349 e. The number of rotatable bonds is 7. The molecule has 1 amide bonds. The van der Waals surface area contributed by atoms with Crippen LogP contribution in [0.2, 0.25) is 0 Å². The van der Waals surface area contributed by atoms with E-state index in [1.165, 1.54) is 0 Å². The van der Waals surface area contributed by atoms with Crippen LogP contribution in [0.5, 0.6) is 0 Å². The summed E-state index contributed by atoms with van der Waals surface area (Å²) in [7, 11) is -3.58. The van der Waals surface area contributed by atoms with Gasteiger partial charge in [0.25, 0.3) is 5.91 Å². The zero-order valence-electron chi connectivity index (χ0n) is 15.8. The standard InChI is InChI=1S/C23H22N2O3S/c26-23(25-21-12-13-21)20-8-6-18(7-9-20)19-10-14-22(15-11-19)29(27,28)24-16-17-4-2-1-3-5-17/h1-11,14-15,21,24H,12-13,16H2,(H,25,26). The van der Waals surface area contributed by atoms with Crippen LogP contribution >= 0.6 is 0 Å². The van der Waals surface area contributed by atoms with Gasteiger partial charge in [0.05, 0.1) is 4.90 Å². The molecule has 1 fully saturated rings. The molecule has 1 aliphatic rings. The SMILES string of the molecule is O=C(NC1CC1)c1ccc(-c2ccc(S(=O)(=O)NCc3ccccc3)cc2)cc1. The van der Waals surface area contributed by atoms with Gasteiger partial charge in [-0.2, -0.15) is 0 Å². The van der Waals surface area contributed by atoms with Crippen LogP contribution in [0, 0.1) is 0 Å². The second kappa shape index (κ2) is 8.19. The Kier molecular flexibility index (Phi) is 5.47. The summed E-state index contributed by atoms with van der Waals surface area (Å²) >= 11 is 0. The van der Waals surface area contributed by atoms with E-state index in [0.717, 1.165) is 29.5 Å². The molecule has 0 saturated heterocycles. The third-order valence-electron chi connectivity index (χ3n) is 4.87. The minimum atomic E-state index is -3.58. The van der Waals surface area contributed by atoms with Crippen molar-refractivity contribution in [3.05, 3.63) is 90.0 Å². The maximum atomic E-state index is 12.5. The Labute approximate surface area is 170 Å². The van der Waals surface area contributed by atoms with Gasteiger partial charge in [0.2, 0.25) is 10.0 Å². The molecule has 5 nitrogen and oxygen atoms in total. The quantitative estimate of drug-likeness (QED) is 0.628. The molecule has 3 aromatic rings. The fourth-order valence-corrected chi connectivity index (χ4v) is 4.01. The van der Waals surface area contributed by atoms with Gasteiger partial charge in [-0.1, -0.05) is 54.6 Å². The van der Waals surface area contributed by atoms with E-state index >= 15 is 0 Å². The number of nitrogens with one attached hydrogen (secondary N) is 2. The van der Waals surface area contributed by atoms with Gasteiger partial charge >= 0.3 is 0 Å². The molecule has 3 aromatic carbocycles. The van der Waals surface area contributed by atoms with Gasteiger partial charge in [-0.05, 0) is 53.8 Å². The summed E-state index contributed by atoms with van der Waals surface area (Å²) in [6.45, 7) is 0.245. The number of hydrogen-bond acceptors (Lipinski definition) is 3. The highest BCUT2D eigenvalue weighted by Gasteiger charge is 2.23. The van der Waals surface area contributed by atoms with Crippen molar-refractivity contribution in [1.29, 1.82) is 0 Å². The summed E-state index contributed by atoms with van der Waals surface area (Å²) < 4.78 is 27.6. The maximum Gasteiger partial charge on any atom is 0.251 e. The van der Waals surface area contributed by atoms with Gasteiger partial charge in [0.1, 0.15) is 0 Å². The lowest BCUT2D eigenvalue weighted by Crippen LogP contribution is -2.25. The van der Waals surface area contributed by atoms with E-state index in [2.05, 4.69) is 10.0 Å². The third kappa shape index (κ3) is 4.91. The normalized spacial score (nSPS) is 13.8. The van der Waals surface area contributed by atoms with Gasteiger partial charge in [-0.3, -0.25) is 4.79 Å². The summed E-state index contributed by atoms with van der Waals surface area (Å²) in [4.78, 5) is 12.3. The molecule has 0 heterocycles. The van der Waals surface area contributed by atoms with Crippen LogP contribution in [0.1, 0.15) is 28.8 Å². The van der Waals surface area contributed by atoms with Gasteiger partial charge in [0, 0.05) is 18.2 Å². The highest BCUT2D eigenvalue weighted by Crippen LogP contribution is 2.23. The highest BCUT2D eigenvalue weighted by atomic mass is 32.2. The number of benzene rings is 3. The molecule has 1 aliphatic carbocycles. The molecule has 1 saturated carbocycles. The predicted molar refractivity (Wildman–Crippen MR) is 113 cm³/mol. The first-order valence-corrected chi connectivity index (χ1v) is 11.0. The molecule has 0 unspecified atom stereocenters. The van der Waals surface area contributed by atoms with Crippen molar-refractivity contribution in [2.24, 2.45) is 0 Å². The Morgan fingerprint density at radius 2 is 1.41 bits per heavy atom. The second-order valence-corrected chi connectivity index (χ2v) is 8.93. The van der Waals surface area contributed by atoms with Crippen LogP contribution in [-0.2, 0) is 16.6 Å². The van der Waals surface area contributed by atoms with Crippen LogP contribution < -0.4 is 10.0 Å². The van der Waals surface area contributed by atoms with Crippen molar-refractivity contribution < 1.29 is 13.2 Å².